The van der Waals surface area contributed by atoms with Crippen LogP contribution in [0.4, 0.5) is 0 Å². The lowest BCUT2D eigenvalue weighted by Crippen LogP contribution is -2.51. The summed E-state index contributed by atoms with van der Waals surface area (Å²) in [6, 6.07) is 3.12. The van der Waals surface area contributed by atoms with E-state index >= 15 is 0 Å². The molecule has 0 radical (unpaired) electrons. The van der Waals surface area contributed by atoms with Crippen molar-refractivity contribution in [2.24, 2.45) is 0 Å². The lowest BCUT2D eigenvalue weighted by atomic mass is 10.2. The summed E-state index contributed by atoms with van der Waals surface area (Å²) in [5.74, 6) is -5.68. The molecule has 1 aliphatic rings. The summed E-state index contributed by atoms with van der Waals surface area (Å²) >= 11 is 0. The van der Waals surface area contributed by atoms with Crippen LogP contribution in [0.2, 0.25) is 0 Å². The maximum Gasteiger partial charge on any atom is 0.337 e. The van der Waals surface area contributed by atoms with E-state index < -0.39 is 61.2 Å². The van der Waals surface area contributed by atoms with Gasteiger partial charge in [0.05, 0.1) is 38.0 Å². The Morgan fingerprint density at radius 2 is 1.02 bits per heavy atom. The molecule has 0 unspecified atom stereocenters. The maximum absolute atomic E-state index is 12.5. The minimum atomic E-state index is -1.21. The molecule has 47 heavy (non-hydrogen) atoms. The number of carboxylic acid groups (broad SMARTS) is 3. The van der Waals surface area contributed by atoms with Crippen LogP contribution in [0.1, 0.15) is 16.1 Å². The average molecular weight is 667 g/mol. The zero-order valence-corrected chi connectivity index (χ0v) is 26.2. The highest BCUT2D eigenvalue weighted by molar-refractivity contribution is 5.89. The summed E-state index contributed by atoms with van der Waals surface area (Å²) in [5.41, 5.74) is 0.878. The second-order valence-electron chi connectivity index (χ2n) is 10.6. The van der Waals surface area contributed by atoms with Gasteiger partial charge in [0, 0.05) is 65.1 Å². The molecule has 1 aromatic rings. The fraction of sp³-hybridized carbons (Fsp3) is 0.571. The summed E-state index contributed by atoms with van der Waals surface area (Å²) in [4.78, 5) is 94.2. The first-order valence-electron chi connectivity index (χ1n) is 14.7. The van der Waals surface area contributed by atoms with E-state index in [-0.39, 0.29) is 45.8 Å². The maximum atomic E-state index is 12.5. The lowest BCUT2D eigenvalue weighted by Gasteiger charge is -2.33. The lowest BCUT2D eigenvalue weighted by molar-refractivity contribution is -0.138. The molecule has 19 heteroatoms. The van der Waals surface area contributed by atoms with E-state index in [0.29, 0.717) is 44.0 Å². The molecule has 2 rings (SSSR count). The summed E-state index contributed by atoms with van der Waals surface area (Å²) in [7, 11) is 1.27. The third-order valence-electron chi connectivity index (χ3n) is 6.97. The predicted octanol–water partition coefficient (Wildman–Crippen LogP) is -3.81. The van der Waals surface area contributed by atoms with Crippen molar-refractivity contribution in [3.05, 3.63) is 29.6 Å². The Morgan fingerprint density at radius 3 is 1.36 bits per heavy atom. The van der Waals surface area contributed by atoms with Crippen LogP contribution < -0.4 is 16.0 Å². The number of ether oxygens (including phenoxy) is 1. The smallest absolute Gasteiger partial charge is 0.337 e. The summed E-state index contributed by atoms with van der Waals surface area (Å²) in [6.07, 6.45) is 1.48. The van der Waals surface area contributed by atoms with Crippen molar-refractivity contribution in [2.75, 3.05) is 98.7 Å². The van der Waals surface area contributed by atoms with Crippen LogP contribution in [-0.4, -0.2) is 180 Å². The highest BCUT2D eigenvalue weighted by atomic mass is 16.5. The Hall–Kier alpha value is -4.72. The second-order valence-corrected chi connectivity index (χ2v) is 10.6. The van der Waals surface area contributed by atoms with E-state index in [0.717, 1.165) is 0 Å². The van der Waals surface area contributed by atoms with Gasteiger partial charge in [-0.1, -0.05) is 0 Å². The molecule has 1 saturated heterocycles. The van der Waals surface area contributed by atoms with E-state index in [1.165, 1.54) is 19.4 Å². The number of hydrogen-bond donors (Lipinski definition) is 6. The van der Waals surface area contributed by atoms with E-state index in [9.17, 15) is 33.6 Å². The second kappa shape index (κ2) is 20.4. The van der Waals surface area contributed by atoms with Crippen molar-refractivity contribution in [3.63, 3.8) is 0 Å². The number of carbonyl (C=O) groups is 7. The molecule has 0 atom stereocenters. The number of aromatic nitrogens is 1. The third kappa shape index (κ3) is 16.4. The number of methoxy groups -OCH3 is 1. The number of esters is 1. The van der Waals surface area contributed by atoms with Crippen molar-refractivity contribution in [1.82, 2.24) is 40.5 Å². The normalized spacial score (nSPS) is 15.8. The molecule has 2 heterocycles. The minimum absolute atomic E-state index is 0.133. The fourth-order valence-corrected chi connectivity index (χ4v) is 4.55. The van der Waals surface area contributed by atoms with E-state index in [1.54, 1.807) is 20.8 Å². The van der Waals surface area contributed by atoms with Crippen molar-refractivity contribution in [3.8, 4) is 0 Å². The number of pyridine rings is 1. The zero-order valence-electron chi connectivity index (χ0n) is 26.2. The quantitative estimate of drug-likeness (QED) is 0.0982. The molecule has 0 spiro atoms. The van der Waals surface area contributed by atoms with E-state index in [2.05, 4.69) is 20.9 Å². The molecule has 260 valence electrons. The fourth-order valence-electron chi connectivity index (χ4n) is 4.55. The third-order valence-corrected chi connectivity index (χ3v) is 6.97. The first kappa shape index (κ1) is 38.5. The van der Waals surface area contributed by atoms with Crippen molar-refractivity contribution in [1.29, 1.82) is 0 Å². The largest absolute Gasteiger partial charge is 0.480 e. The highest BCUT2D eigenvalue weighted by Crippen LogP contribution is 2.09. The van der Waals surface area contributed by atoms with Crippen LogP contribution in [0.3, 0.4) is 0 Å². The number of rotatable bonds is 15. The molecule has 1 aromatic heterocycles. The molecular weight excluding hydrogens is 624 g/mol. The van der Waals surface area contributed by atoms with Crippen LogP contribution in [0, 0.1) is 0 Å². The molecule has 1 aliphatic heterocycles. The SMILES string of the molecule is COC(=O)c1ccnc(CN2CCN(CC(=O)NCC(=O)O)CCN(CC(=O)NCC(=O)O)CCN(CC(=O)NCC(=O)O)CC2)c1. The molecular formula is C28H42N8O11. The Labute approximate surface area is 270 Å². The Kier molecular flexibility index (Phi) is 16.7. The minimum Gasteiger partial charge on any atom is -0.480 e. The predicted molar refractivity (Wildman–Crippen MR) is 162 cm³/mol. The van der Waals surface area contributed by atoms with Gasteiger partial charge in [-0.05, 0) is 12.1 Å². The Balaban J connectivity index is 2.30. The number of carboxylic acids is 3. The van der Waals surface area contributed by atoms with Crippen molar-refractivity contribution in [2.45, 2.75) is 6.54 Å². The number of hydrogen-bond acceptors (Lipinski definition) is 13. The van der Waals surface area contributed by atoms with Gasteiger partial charge in [0.25, 0.3) is 0 Å². The van der Waals surface area contributed by atoms with Gasteiger partial charge in [-0.2, -0.15) is 0 Å². The highest BCUT2D eigenvalue weighted by Gasteiger charge is 2.22. The molecule has 19 nitrogen and oxygen atoms in total. The number of nitrogens with zero attached hydrogens (tertiary/aromatic N) is 5. The standard InChI is InChI=1S/C28H42N8O11/c1-47-28(46)20-2-3-29-21(12-20)16-33-4-6-34(17-22(37)30-13-25(40)41)8-10-36(19-24(39)32-15-27(44)45)11-9-35(7-5-33)18-23(38)31-14-26(42)43/h2-3,12H,4-11,13-19H2,1H3,(H,30,37)(H,31,38)(H,32,39)(H,40,41)(H,42,43)(H,44,45). The first-order chi connectivity index (χ1) is 22.3. The van der Waals surface area contributed by atoms with Gasteiger partial charge in [0.15, 0.2) is 0 Å². The summed E-state index contributed by atoms with van der Waals surface area (Å²) in [5, 5.41) is 33.8. The van der Waals surface area contributed by atoms with Crippen LogP contribution in [-0.2, 0) is 40.0 Å². The zero-order chi connectivity index (χ0) is 34.8. The van der Waals surface area contributed by atoms with Crippen LogP contribution in [0.5, 0.6) is 0 Å². The van der Waals surface area contributed by atoms with E-state index in [4.69, 9.17) is 20.1 Å². The van der Waals surface area contributed by atoms with E-state index in [1.807, 2.05) is 4.90 Å². The molecule has 3 amide bonds. The topological polar surface area (TPSA) is 251 Å². The van der Waals surface area contributed by atoms with Gasteiger partial charge in [-0.15, -0.1) is 0 Å². The Bertz CT molecular complexity index is 1220. The number of nitrogens with one attached hydrogen (secondary N) is 3. The summed E-state index contributed by atoms with van der Waals surface area (Å²) in [6.45, 7) is 0.684. The summed E-state index contributed by atoms with van der Waals surface area (Å²) < 4.78 is 4.80. The first-order valence-corrected chi connectivity index (χ1v) is 14.7. The van der Waals surface area contributed by atoms with Gasteiger partial charge in [0.1, 0.15) is 19.6 Å². The molecule has 0 aliphatic carbocycles. The number of amides is 3. The van der Waals surface area contributed by atoms with Crippen LogP contribution >= 0.6 is 0 Å². The van der Waals surface area contributed by atoms with Gasteiger partial charge < -0.3 is 36.0 Å². The number of aliphatic carboxylic acids is 3. The molecule has 0 bridgehead atoms. The number of carbonyl (C=O) groups excluding carboxylic acids is 4. The molecule has 6 N–H and O–H groups in total. The van der Waals surface area contributed by atoms with Crippen molar-refractivity contribution < 1.29 is 53.6 Å². The van der Waals surface area contributed by atoms with Crippen LogP contribution in [0.25, 0.3) is 0 Å². The monoisotopic (exact) mass is 666 g/mol. The molecule has 1 fully saturated rings. The molecule has 0 saturated carbocycles. The van der Waals surface area contributed by atoms with Crippen LogP contribution in [0.15, 0.2) is 18.3 Å². The van der Waals surface area contributed by atoms with Gasteiger partial charge in [-0.3, -0.25) is 53.4 Å². The van der Waals surface area contributed by atoms with Gasteiger partial charge in [-0.25, -0.2) is 4.79 Å². The average Bonchev–Trinajstić information content (AvgIpc) is 3.02. The van der Waals surface area contributed by atoms with Crippen molar-refractivity contribution >= 4 is 41.6 Å². The molecule has 0 aromatic carbocycles. The van der Waals surface area contributed by atoms with Gasteiger partial charge >= 0.3 is 23.9 Å². The van der Waals surface area contributed by atoms with Gasteiger partial charge in [0.2, 0.25) is 17.7 Å². The Morgan fingerprint density at radius 1 is 0.660 bits per heavy atom.